The molecule has 23 heavy (non-hydrogen) atoms. The van der Waals surface area contributed by atoms with E-state index in [1.54, 1.807) is 0 Å². The zero-order chi connectivity index (χ0) is 17.2. The Balaban J connectivity index is 2.26. The second kappa shape index (κ2) is 9.18. The fourth-order valence-electron chi connectivity index (χ4n) is 1.81. The molecule has 0 unspecified atom stereocenters. The maximum atomic E-state index is 11.7. The Morgan fingerprint density at radius 2 is 2.17 bits per heavy atom. The van der Waals surface area contributed by atoms with Gasteiger partial charge in [0, 0.05) is 12.6 Å². The molecule has 0 fully saturated rings. The second-order valence-corrected chi connectivity index (χ2v) is 4.82. The van der Waals surface area contributed by atoms with Gasteiger partial charge in [-0.05, 0) is 18.9 Å². The van der Waals surface area contributed by atoms with E-state index in [0.29, 0.717) is 25.7 Å². The number of hydrogen-bond donors (Lipinski definition) is 5. The zero-order valence-corrected chi connectivity index (χ0v) is 12.5. The van der Waals surface area contributed by atoms with E-state index in [1.165, 1.54) is 12.2 Å². The Hall–Kier alpha value is -2.91. The Labute approximate surface area is 132 Å². The van der Waals surface area contributed by atoms with E-state index in [-0.39, 0.29) is 18.4 Å². The third kappa shape index (κ3) is 7.07. The molecule has 1 rings (SSSR count). The summed E-state index contributed by atoms with van der Waals surface area (Å²) >= 11 is 0. The van der Waals surface area contributed by atoms with E-state index >= 15 is 0 Å². The minimum atomic E-state index is -0.781. The molecule has 0 aromatic rings. The highest BCUT2D eigenvalue weighted by Crippen LogP contribution is 1.97. The topological polar surface area (TPSA) is 169 Å². The van der Waals surface area contributed by atoms with Gasteiger partial charge in [0.05, 0.1) is 12.6 Å². The lowest BCUT2D eigenvalue weighted by Crippen LogP contribution is -2.47. The van der Waals surface area contributed by atoms with Crippen molar-refractivity contribution in [3.63, 3.8) is 0 Å². The molecule has 0 aromatic carbocycles. The average Bonchev–Trinajstić information content (AvgIpc) is 2.94. The van der Waals surface area contributed by atoms with Crippen molar-refractivity contribution in [2.24, 2.45) is 16.5 Å². The molecule has 10 nitrogen and oxygen atoms in total. The van der Waals surface area contributed by atoms with E-state index in [0.717, 1.165) is 0 Å². The number of amides is 3. The molecule has 10 heteroatoms. The lowest BCUT2D eigenvalue weighted by Gasteiger charge is -2.14. The maximum Gasteiger partial charge on any atom is 0.247 e. The number of aliphatic imine (C=N–C) groups is 1. The number of nitrogens with two attached hydrogens (primary N) is 2. The molecule has 1 aliphatic heterocycles. The lowest BCUT2D eigenvalue weighted by molar-refractivity contribution is -0.128. The first-order chi connectivity index (χ1) is 10.9. The van der Waals surface area contributed by atoms with Crippen LogP contribution < -0.4 is 27.4 Å². The predicted octanol–water partition coefficient (Wildman–Crippen LogP) is -3.11. The summed E-state index contributed by atoms with van der Waals surface area (Å²) in [6.07, 6.45) is 4.14. The van der Waals surface area contributed by atoms with Crippen molar-refractivity contribution in [3.05, 3.63) is 12.2 Å². The minimum absolute atomic E-state index is 0.0348. The van der Waals surface area contributed by atoms with Crippen LogP contribution in [0.4, 0.5) is 0 Å². The van der Waals surface area contributed by atoms with Crippen molar-refractivity contribution >= 4 is 30.0 Å². The quantitative estimate of drug-likeness (QED) is 0.130. The summed E-state index contributed by atoms with van der Waals surface area (Å²) in [6.45, 7) is 0.0598. The largest absolute Gasteiger partial charge is 0.370 e. The van der Waals surface area contributed by atoms with Gasteiger partial charge in [0.2, 0.25) is 17.7 Å². The highest BCUT2D eigenvalue weighted by atomic mass is 16.2. The van der Waals surface area contributed by atoms with Gasteiger partial charge in [0.15, 0.2) is 5.96 Å². The van der Waals surface area contributed by atoms with Crippen molar-refractivity contribution < 1.29 is 19.2 Å². The van der Waals surface area contributed by atoms with E-state index < -0.39 is 23.9 Å². The number of aldehydes is 1. The third-order valence-corrected chi connectivity index (χ3v) is 2.92. The SMILES string of the molecule is NC(N)=NCCC[C@@H](C=O)NC(=O)CNC(=O)[C@H]1C=CC(=O)N1. The molecule has 7 N–H and O–H groups in total. The molecule has 1 heterocycles. The van der Waals surface area contributed by atoms with Crippen molar-refractivity contribution in [2.45, 2.75) is 24.9 Å². The monoisotopic (exact) mass is 324 g/mol. The van der Waals surface area contributed by atoms with Crippen LogP contribution in [0.15, 0.2) is 17.1 Å². The minimum Gasteiger partial charge on any atom is -0.370 e. The lowest BCUT2D eigenvalue weighted by atomic mass is 10.2. The van der Waals surface area contributed by atoms with Gasteiger partial charge in [0.25, 0.3) is 0 Å². The Morgan fingerprint density at radius 3 is 2.74 bits per heavy atom. The number of guanidine groups is 1. The Kier molecular flexibility index (Phi) is 7.24. The summed E-state index contributed by atoms with van der Waals surface area (Å²) in [5.74, 6) is -1.41. The van der Waals surface area contributed by atoms with Gasteiger partial charge in [-0.15, -0.1) is 0 Å². The number of rotatable bonds is 9. The van der Waals surface area contributed by atoms with Crippen LogP contribution in [0.3, 0.4) is 0 Å². The second-order valence-electron chi connectivity index (χ2n) is 4.82. The number of hydrogen-bond acceptors (Lipinski definition) is 5. The molecular weight excluding hydrogens is 304 g/mol. The van der Waals surface area contributed by atoms with Crippen molar-refractivity contribution in [3.8, 4) is 0 Å². The summed E-state index contributed by atoms with van der Waals surface area (Å²) in [7, 11) is 0. The van der Waals surface area contributed by atoms with E-state index in [4.69, 9.17) is 11.5 Å². The molecule has 0 aromatic heterocycles. The van der Waals surface area contributed by atoms with Gasteiger partial charge >= 0.3 is 0 Å². The normalized spacial score (nSPS) is 17.0. The molecule has 2 atom stereocenters. The first-order valence-corrected chi connectivity index (χ1v) is 6.99. The van der Waals surface area contributed by atoms with Crippen LogP contribution in [0.5, 0.6) is 0 Å². The third-order valence-electron chi connectivity index (χ3n) is 2.92. The van der Waals surface area contributed by atoms with Gasteiger partial charge < -0.3 is 32.2 Å². The van der Waals surface area contributed by atoms with E-state index in [9.17, 15) is 19.2 Å². The molecule has 0 radical (unpaired) electrons. The van der Waals surface area contributed by atoms with Gasteiger partial charge in [-0.2, -0.15) is 0 Å². The Morgan fingerprint density at radius 1 is 1.43 bits per heavy atom. The van der Waals surface area contributed by atoms with Gasteiger partial charge in [-0.3, -0.25) is 19.4 Å². The molecule has 0 saturated heterocycles. The number of carbonyl (C=O) groups is 4. The zero-order valence-electron chi connectivity index (χ0n) is 12.5. The van der Waals surface area contributed by atoms with Crippen molar-refractivity contribution in [2.75, 3.05) is 13.1 Å². The van der Waals surface area contributed by atoms with Crippen LogP contribution in [0.1, 0.15) is 12.8 Å². The van der Waals surface area contributed by atoms with Crippen molar-refractivity contribution in [1.29, 1.82) is 0 Å². The first-order valence-electron chi connectivity index (χ1n) is 6.99. The Bertz CT molecular complexity index is 527. The van der Waals surface area contributed by atoms with Crippen LogP contribution in [-0.4, -0.2) is 55.1 Å². The van der Waals surface area contributed by atoms with Crippen LogP contribution in [0, 0.1) is 0 Å². The van der Waals surface area contributed by atoms with Crippen LogP contribution >= 0.6 is 0 Å². The molecule has 0 bridgehead atoms. The fourth-order valence-corrected chi connectivity index (χ4v) is 1.81. The van der Waals surface area contributed by atoms with Crippen molar-refractivity contribution in [1.82, 2.24) is 16.0 Å². The molecule has 3 amide bonds. The van der Waals surface area contributed by atoms with E-state index in [1.807, 2.05) is 0 Å². The predicted molar refractivity (Wildman–Crippen MR) is 82.0 cm³/mol. The maximum absolute atomic E-state index is 11.7. The number of carbonyl (C=O) groups excluding carboxylic acids is 4. The molecule has 126 valence electrons. The number of nitrogens with one attached hydrogen (secondary N) is 3. The molecule has 0 aliphatic carbocycles. The number of nitrogens with zero attached hydrogens (tertiary/aromatic N) is 1. The summed E-state index contributed by atoms with van der Waals surface area (Å²) in [5.41, 5.74) is 10.3. The first kappa shape index (κ1) is 18.1. The fraction of sp³-hybridized carbons (Fsp3) is 0.462. The van der Waals surface area contributed by atoms with Crippen LogP contribution in [0.2, 0.25) is 0 Å². The molecule has 1 aliphatic rings. The highest BCUT2D eigenvalue weighted by Gasteiger charge is 2.22. The summed E-state index contributed by atoms with van der Waals surface area (Å²) in [5, 5.41) is 7.23. The van der Waals surface area contributed by atoms with Gasteiger partial charge in [-0.1, -0.05) is 0 Å². The summed E-state index contributed by atoms with van der Waals surface area (Å²) < 4.78 is 0. The van der Waals surface area contributed by atoms with E-state index in [2.05, 4.69) is 20.9 Å². The highest BCUT2D eigenvalue weighted by molar-refractivity contribution is 5.99. The standard InChI is InChI=1S/C13H20N6O4/c14-13(15)16-5-1-2-8(7-20)18-11(22)6-17-12(23)9-3-4-10(21)19-9/h3-4,7-9H,1-2,5-6H2,(H,17,23)(H,18,22)(H,19,21)(H4,14,15,16)/t8-,9+/m0/s1. The molecular formula is C13H20N6O4. The smallest absolute Gasteiger partial charge is 0.247 e. The average molecular weight is 324 g/mol. The van der Waals surface area contributed by atoms with Gasteiger partial charge in [-0.25, -0.2) is 0 Å². The van der Waals surface area contributed by atoms with Crippen LogP contribution in [0.25, 0.3) is 0 Å². The molecule has 0 saturated carbocycles. The van der Waals surface area contributed by atoms with Gasteiger partial charge in [0.1, 0.15) is 12.3 Å². The summed E-state index contributed by atoms with van der Waals surface area (Å²) in [6, 6.07) is -1.46. The molecule has 0 spiro atoms. The summed E-state index contributed by atoms with van der Waals surface area (Å²) in [4.78, 5) is 48.9. The van der Waals surface area contributed by atoms with Crippen LogP contribution in [-0.2, 0) is 19.2 Å².